The first-order chi connectivity index (χ1) is 9.20. The summed E-state index contributed by atoms with van der Waals surface area (Å²) in [5, 5.41) is 10.4. The summed E-state index contributed by atoms with van der Waals surface area (Å²) < 4.78 is 6.57. The van der Waals surface area contributed by atoms with E-state index in [1.807, 2.05) is 13.1 Å². The summed E-state index contributed by atoms with van der Waals surface area (Å²) in [6, 6.07) is 0. The maximum atomic E-state index is 11.1. The summed E-state index contributed by atoms with van der Waals surface area (Å²) in [6.45, 7) is 4.70. The SMILES string of the molecule is CCOC(=O)NCCCc1cn2cnnc2nc1C. The van der Waals surface area contributed by atoms with E-state index in [0.717, 1.165) is 24.1 Å². The molecule has 19 heavy (non-hydrogen) atoms. The largest absolute Gasteiger partial charge is 0.450 e. The van der Waals surface area contributed by atoms with Crippen molar-refractivity contribution in [2.45, 2.75) is 26.7 Å². The second-order valence-electron chi connectivity index (χ2n) is 4.14. The predicted octanol–water partition coefficient (Wildman–Crippen LogP) is 1.11. The van der Waals surface area contributed by atoms with Crippen LogP contribution in [-0.4, -0.2) is 38.8 Å². The monoisotopic (exact) mass is 263 g/mol. The number of hydrogen-bond acceptors (Lipinski definition) is 5. The molecule has 2 aromatic heterocycles. The Hall–Kier alpha value is -2.18. The summed E-state index contributed by atoms with van der Waals surface area (Å²) in [7, 11) is 0. The summed E-state index contributed by atoms with van der Waals surface area (Å²) in [4.78, 5) is 15.5. The van der Waals surface area contributed by atoms with Gasteiger partial charge in [0.15, 0.2) is 0 Å². The summed E-state index contributed by atoms with van der Waals surface area (Å²) in [5.41, 5.74) is 2.06. The third kappa shape index (κ3) is 3.40. The molecule has 1 N–H and O–H groups in total. The minimum Gasteiger partial charge on any atom is -0.450 e. The van der Waals surface area contributed by atoms with Crippen LogP contribution in [0.5, 0.6) is 0 Å². The summed E-state index contributed by atoms with van der Waals surface area (Å²) >= 11 is 0. The molecule has 7 nitrogen and oxygen atoms in total. The van der Waals surface area contributed by atoms with Gasteiger partial charge in [-0.3, -0.25) is 4.40 Å². The van der Waals surface area contributed by atoms with E-state index in [9.17, 15) is 4.79 Å². The standard InChI is InChI=1S/C12H17N5O2/c1-3-19-12(18)13-6-4-5-10-7-17-8-14-16-11(17)15-9(10)2/h7-8H,3-6H2,1-2H3,(H,13,18). The molecular weight excluding hydrogens is 246 g/mol. The number of carbonyl (C=O) groups excluding carboxylic acids is 1. The first-order valence-corrected chi connectivity index (χ1v) is 6.27. The maximum absolute atomic E-state index is 11.1. The van der Waals surface area contributed by atoms with E-state index in [4.69, 9.17) is 4.74 Å². The number of hydrogen-bond donors (Lipinski definition) is 1. The minimum absolute atomic E-state index is 0.369. The van der Waals surface area contributed by atoms with E-state index >= 15 is 0 Å². The van der Waals surface area contributed by atoms with Crippen molar-refractivity contribution >= 4 is 11.9 Å². The molecule has 0 aliphatic carbocycles. The summed E-state index contributed by atoms with van der Waals surface area (Å²) in [5.74, 6) is 0.603. The molecule has 102 valence electrons. The number of ether oxygens (including phenoxy) is 1. The maximum Gasteiger partial charge on any atom is 0.407 e. The van der Waals surface area contributed by atoms with Gasteiger partial charge in [-0.05, 0) is 32.3 Å². The average molecular weight is 263 g/mol. The topological polar surface area (TPSA) is 81.4 Å². The lowest BCUT2D eigenvalue weighted by atomic mass is 10.1. The molecular formula is C12H17N5O2. The van der Waals surface area contributed by atoms with E-state index < -0.39 is 0 Å². The van der Waals surface area contributed by atoms with Crippen LogP contribution < -0.4 is 5.32 Å². The van der Waals surface area contributed by atoms with Crippen LogP contribution in [0.3, 0.4) is 0 Å². The van der Waals surface area contributed by atoms with Gasteiger partial charge in [0.05, 0.1) is 6.61 Å². The third-order valence-electron chi connectivity index (χ3n) is 2.75. The number of fused-ring (bicyclic) bond motifs is 1. The Morgan fingerprint density at radius 1 is 1.53 bits per heavy atom. The van der Waals surface area contributed by atoms with Gasteiger partial charge >= 0.3 is 6.09 Å². The lowest BCUT2D eigenvalue weighted by molar-refractivity contribution is 0.152. The van der Waals surface area contributed by atoms with Crippen LogP contribution in [0.4, 0.5) is 4.79 Å². The number of nitrogens with zero attached hydrogens (tertiary/aromatic N) is 4. The molecule has 0 saturated carbocycles. The van der Waals surface area contributed by atoms with Crippen LogP contribution >= 0.6 is 0 Å². The molecule has 0 fully saturated rings. The van der Waals surface area contributed by atoms with Gasteiger partial charge in [0.25, 0.3) is 5.78 Å². The van der Waals surface area contributed by atoms with E-state index in [1.54, 1.807) is 17.7 Å². The highest BCUT2D eigenvalue weighted by molar-refractivity contribution is 5.66. The number of amides is 1. The van der Waals surface area contributed by atoms with Crippen molar-refractivity contribution in [3.63, 3.8) is 0 Å². The van der Waals surface area contributed by atoms with Crippen molar-refractivity contribution < 1.29 is 9.53 Å². The van der Waals surface area contributed by atoms with Crippen molar-refractivity contribution in [1.29, 1.82) is 0 Å². The van der Waals surface area contributed by atoms with Gasteiger partial charge in [0.2, 0.25) is 0 Å². The van der Waals surface area contributed by atoms with Gasteiger partial charge in [-0.15, -0.1) is 10.2 Å². The molecule has 2 aromatic rings. The van der Waals surface area contributed by atoms with E-state index in [2.05, 4.69) is 20.5 Å². The van der Waals surface area contributed by atoms with Crippen molar-refractivity contribution in [3.05, 3.63) is 23.8 Å². The number of rotatable bonds is 5. The Balaban J connectivity index is 1.87. The fourth-order valence-electron chi connectivity index (χ4n) is 1.79. The van der Waals surface area contributed by atoms with Crippen LogP contribution in [0.25, 0.3) is 5.78 Å². The van der Waals surface area contributed by atoms with E-state index in [0.29, 0.717) is 18.9 Å². The molecule has 0 aliphatic rings. The predicted molar refractivity (Wildman–Crippen MR) is 68.9 cm³/mol. The van der Waals surface area contributed by atoms with Crippen LogP contribution in [0.2, 0.25) is 0 Å². The number of alkyl carbamates (subject to hydrolysis) is 1. The highest BCUT2D eigenvalue weighted by atomic mass is 16.5. The third-order valence-corrected chi connectivity index (χ3v) is 2.75. The zero-order valence-corrected chi connectivity index (χ0v) is 11.1. The van der Waals surface area contributed by atoms with Crippen molar-refractivity contribution in [2.24, 2.45) is 0 Å². The second kappa shape index (κ2) is 6.12. The van der Waals surface area contributed by atoms with Gasteiger partial charge in [-0.1, -0.05) is 0 Å². The normalized spacial score (nSPS) is 10.6. The Morgan fingerprint density at radius 2 is 2.37 bits per heavy atom. The highest BCUT2D eigenvalue weighted by Gasteiger charge is 2.05. The molecule has 0 radical (unpaired) electrons. The number of carbonyl (C=O) groups is 1. The second-order valence-corrected chi connectivity index (χ2v) is 4.14. The Morgan fingerprint density at radius 3 is 3.16 bits per heavy atom. The number of nitrogens with one attached hydrogen (secondary N) is 1. The van der Waals surface area contributed by atoms with Crippen LogP contribution in [0, 0.1) is 6.92 Å². The molecule has 0 aromatic carbocycles. The Bertz CT molecular complexity index is 566. The highest BCUT2D eigenvalue weighted by Crippen LogP contribution is 2.08. The van der Waals surface area contributed by atoms with Crippen LogP contribution in [-0.2, 0) is 11.2 Å². The lowest BCUT2D eigenvalue weighted by Gasteiger charge is -2.07. The van der Waals surface area contributed by atoms with Crippen molar-refractivity contribution in [1.82, 2.24) is 24.9 Å². The summed E-state index contributed by atoms with van der Waals surface area (Å²) in [6.07, 6.45) is 4.89. The zero-order valence-electron chi connectivity index (χ0n) is 11.1. The quantitative estimate of drug-likeness (QED) is 0.817. The average Bonchev–Trinajstić information content (AvgIpc) is 2.82. The molecule has 0 unspecified atom stereocenters. The van der Waals surface area contributed by atoms with Crippen molar-refractivity contribution in [2.75, 3.05) is 13.2 Å². The molecule has 0 atom stereocenters. The minimum atomic E-state index is -0.369. The molecule has 0 bridgehead atoms. The molecule has 7 heteroatoms. The molecule has 1 amide bonds. The lowest BCUT2D eigenvalue weighted by Crippen LogP contribution is -2.25. The number of aromatic nitrogens is 4. The fourth-order valence-corrected chi connectivity index (χ4v) is 1.79. The zero-order chi connectivity index (χ0) is 13.7. The number of aryl methyl sites for hydroxylation is 2. The first kappa shape index (κ1) is 13.3. The molecule has 0 spiro atoms. The molecule has 0 aliphatic heterocycles. The van der Waals surface area contributed by atoms with Crippen LogP contribution in [0.15, 0.2) is 12.5 Å². The van der Waals surface area contributed by atoms with E-state index in [-0.39, 0.29) is 6.09 Å². The Labute approximate surface area is 111 Å². The molecule has 2 heterocycles. The Kier molecular flexibility index (Phi) is 4.27. The first-order valence-electron chi connectivity index (χ1n) is 6.27. The van der Waals surface area contributed by atoms with Gasteiger partial charge in [-0.25, -0.2) is 9.78 Å². The van der Waals surface area contributed by atoms with E-state index in [1.165, 1.54) is 0 Å². The van der Waals surface area contributed by atoms with Crippen LogP contribution in [0.1, 0.15) is 24.6 Å². The van der Waals surface area contributed by atoms with Crippen molar-refractivity contribution in [3.8, 4) is 0 Å². The molecule has 2 rings (SSSR count). The van der Waals surface area contributed by atoms with Gasteiger partial charge < -0.3 is 10.1 Å². The fraction of sp³-hybridized carbons (Fsp3) is 0.500. The van der Waals surface area contributed by atoms with Gasteiger partial charge in [0, 0.05) is 18.4 Å². The van der Waals surface area contributed by atoms with Gasteiger partial charge in [0.1, 0.15) is 6.33 Å². The van der Waals surface area contributed by atoms with Gasteiger partial charge in [-0.2, -0.15) is 0 Å². The smallest absolute Gasteiger partial charge is 0.407 e. The molecule has 0 saturated heterocycles.